The summed E-state index contributed by atoms with van der Waals surface area (Å²) >= 11 is 1.51. The third-order valence-electron chi connectivity index (χ3n) is 3.84. The number of likely N-dealkylation sites (tertiary alicyclic amines) is 1. The maximum absolute atomic E-state index is 12.6. The lowest BCUT2D eigenvalue weighted by Gasteiger charge is -2.32. The molecule has 0 aromatic carbocycles. The smallest absolute Gasteiger partial charge is 0.264 e. The van der Waals surface area contributed by atoms with Gasteiger partial charge >= 0.3 is 0 Å². The van der Waals surface area contributed by atoms with Crippen molar-refractivity contribution < 1.29 is 9.53 Å². The van der Waals surface area contributed by atoms with E-state index in [0.717, 1.165) is 35.5 Å². The zero-order chi connectivity index (χ0) is 16.4. The minimum Gasteiger partial charge on any atom is -0.472 e. The average Bonchev–Trinajstić information content (AvgIpc) is 2.92. The minimum absolute atomic E-state index is 0.0116. The zero-order valence-electron chi connectivity index (χ0n) is 13.7. The monoisotopic (exact) mass is 331 g/mol. The molecule has 0 N–H and O–H groups in total. The van der Waals surface area contributed by atoms with E-state index in [0.29, 0.717) is 18.2 Å². The highest BCUT2D eigenvalue weighted by molar-refractivity contribution is 7.12. The molecule has 2 aromatic heterocycles. The fraction of sp³-hybridized carbons (Fsp3) is 0.471. The van der Waals surface area contributed by atoms with Crippen molar-refractivity contribution in [1.82, 2.24) is 14.9 Å². The van der Waals surface area contributed by atoms with Gasteiger partial charge in [0.1, 0.15) is 11.9 Å². The second-order valence-electron chi connectivity index (χ2n) is 6.02. The molecule has 1 atom stereocenters. The topological polar surface area (TPSA) is 55.3 Å². The van der Waals surface area contributed by atoms with Crippen molar-refractivity contribution >= 4 is 17.2 Å². The molecule has 5 nitrogen and oxygen atoms in total. The third-order valence-corrected chi connectivity index (χ3v) is 4.87. The number of amides is 1. The van der Waals surface area contributed by atoms with Gasteiger partial charge in [-0.1, -0.05) is 0 Å². The van der Waals surface area contributed by atoms with Gasteiger partial charge in [-0.25, -0.2) is 4.98 Å². The number of thiophene rings is 1. The van der Waals surface area contributed by atoms with Gasteiger partial charge in [0.15, 0.2) is 0 Å². The van der Waals surface area contributed by atoms with E-state index in [1.807, 2.05) is 43.2 Å². The second kappa shape index (κ2) is 6.66. The van der Waals surface area contributed by atoms with Crippen LogP contribution < -0.4 is 4.74 Å². The Morgan fingerprint density at radius 1 is 1.30 bits per heavy atom. The average molecular weight is 331 g/mol. The van der Waals surface area contributed by atoms with Gasteiger partial charge in [-0.3, -0.25) is 4.79 Å². The van der Waals surface area contributed by atoms with Crippen LogP contribution in [0.5, 0.6) is 5.88 Å². The maximum atomic E-state index is 12.6. The van der Waals surface area contributed by atoms with Crippen LogP contribution in [0.15, 0.2) is 17.5 Å². The van der Waals surface area contributed by atoms with Crippen LogP contribution in [0, 0.1) is 20.8 Å². The molecule has 1 aliphatic rings. The van der Waals surface area contributed by atoms with E-state index in [-0.39, 0.29) is 12.0 Å². The van der Waals surface area contributed by atoms with Crippen LogP contribution in [-0.2, 0) is 0 Å². The molecule has 3 heterocycles. The third kappa shape index (κ3) is 3.88. The molecule has 3 rings (SSSR count). The van der Waals surface area contributed by atoms with E-state index >= 15 is 0 Å². The number of carbonyl (C=O) groups excluding carboxylic acids is 1. The molecule has 1 unspecified atom stereocenters. The number of rotatable bonds is 3. The minimum atomic E-state index is -0.0116. The predicted molar refractivity (Wildman–Crippen MR) is 90.1 cm³/mol. The van der Waals surface area contributed by atoms with Gasteiger partial charge in [-0.15, -0.1) is 11.3 Å². The molecule has 1 aliphatic heterocycles. The summed E-state index contributed by atoms with van der Waals surface area (Å²) < 4.78 is 6.00. The molecule has 0 saturated carbocycles. The molecule has 2 aromatic rings. The van der Waals surface area contributed by atoms with Gasteiger partial charge in [0.2, 0.25) is 5.88 Å². The number of carbonyl (C=O) groups is 1. The van der Waals surface area contributed by atoms with Gasteiger partial charge in [-0.05, 0) is 50.6 Å². The van der Waals surface area contributed by atoms with Gasteiger partial charge < -0.3 is 9.64 Å². The molecule has 0 aliphatic carbocycles. The molecule has 0 radical (unpaired) electrons. The van der Waals surface area contributed by atoms with Gasteiger partial charge in [0.05, 0.1) is 11.4 Å². The van der Waals surface area contributed by atoms with E-state index in [4.69, 9.17) is 4.74 Å². The molecule has 1 amide bonds. The Balaban J connectivity index is 1.67. The van der Waals surface area contributed by atoms with Crippen molar-refractivity contribution in [3.63, 3.8) is 0 Å². The fourth-order valence-corrected chi connectivity index (χ4v) is 3.70. The molecule has 122 valence electrons. The van der Waals surface area contributed by atoms with Crippen LogP contribution in [0.1, 0.15) is 39.6 Å². The Kier molecular flexibility index (Phi) is 4.61. The summed E-state index contributed by atoms with van der Waals surface area (Å²) in [6.07, 6.45) is 1.88. The maximum Gasteiger partial charge on any atom is 0.264 e. The molecule has 0 spiro atoms. The number of hydrogen-bond acceptors (Lipinski definition) is 5. The first kappa shape index (κ1) is 15.9. The Labute approximate surface area is 140 Å². The molecule has 6 heteroatoms. The number of aromatic nitrogens is 2. The van der Waals surface area contributed by atoms with Crippen molar-refractivity contribution in [1.29, 1.82) is 0 Å². The molecule has 1 fully saturated rings. The molecular weight excluding hydrogens is 310 g/mol. The first-order valence-corrected chi connectivity index (χ1v) is 8.72. The summed E-state index contributed by atoms with van der Waals surface area (Å²) in [7, 11) is 0. The first-order valence-electron chi connectivity index (χ1n) is 7.84. The summed E-state index contributed by atoms with van der Waals surface area (Å²) in [6.45, 7) is 7.19. The number of nitrogens with zero attached hydrogens (tertiary/aromatic N) is 3. The van der Waals surface area contributed by atoms with E-state index in [1.165, 1.54) is 11.3 Å². The highest BCUT2D eigenvalue weighted by Crippen LogP contribution is 2.21. The summed E-state index contributed by atoms with van der Waals surface area (Å²) in [5.41, 5.74) is 2.03. The zero-order valence-corrected chi connectivity index (χ0v) is 14.5. The Bertz CT molecular complexity index is 693. The van der Waals surface area contributed by atoms with E-state index in [2.05, 4.69) is 9.97 Å². The normalized spacial score (nSPS) is 18.0. The standard InChI is InChI=1S/C17H21N3O2S/c1-11-7-15(23-10-11)17(21)20-6-4-5-14(9-20)22-16-8-12(2)18-13(3)19-16/h7-8,10,14H,4-6,9H2,1-3H3. The van der Waals surface area contributed by atoms with Crippen LogP contribution in [-0.4, -0.2) is 40.0 Å². The van der Waals surface area contributed by atoms with Crippen molar-refractivity contribution in [3.05, 3.63) is 39.5 Å². The lowest BCUT2D eigenvalue weighted by Crippen LogP contribution is -2.44. The van der Waals surface area contributed by atoms with Crippen molar-refractivity contribution in [2.45, 2.75) is 39.7 Å². The molecule has 0 bridgehead atoms. The first-order chi connectivity index (χ1) is 11.0. The summed E-state index contributed by atoms with van der Waals surface area (Å²) in [4.78, 5) is 23.8. The van der Waals surface area contributed by atoms with E-state index < -0.39 is 0 Å². The van der Waals surface area contributed by atoms with Crippen LogP contribution in [0.2, 0.25) is 0 Å². The predicted octanol–water partition coefficient (Wildman–Crippen LogP) is 3.15. The highest BCUT2D eigenvalue weighted by atomic mass is 32.1. The lowest BCUT2D eigenvalue weighted by atomic mass is 10.1. The van der Waals surface area contributed by atoms with Crippen LogP contribution in [0.3, 0.4) is 0 Å². The Morgan fingerprint density at radius 2 is 2.13 bits per heavy atom. The summed E-state index contributed by atoms with van der Waals surface area (Å²) in [6, 6.07) is 3.80. The summed E-state index contributed by atoms with van der Waals surface area (Å²) in [5, 5.41) is 2.01. The number of hydrogen-bond donors (Lipinski definition) is 0. The van der Waals surface area contributed by atoms with E-state index in [9.17, 15) is 4.79 Å². The lowest BCUT2D eigenvalue weighted by molar-refractivity contribution is 0.0531. The van der Waals surface area contributed by atoms with Crippen molar-refractivity contribution in [2.24, 2.45) is 0 Å². The van der Waals surface area contributed by atoms with Gasteiger partial charge in [0, 0.05) is 18.3 Å². The highest BCUT2D eigenvalue weighted by Gasteiger charge is 2.26. The van der Waals surface area contributed by atoms with Crippen LogP contribution in [0.25, 0.3) is 0 Å². The Hall–Kier alpha value is -1.95. The van der Waals surface area contributed by atoms with Gasteiger partial charge in [-0.2, -0.15) is 4.98 Å². The second-order valence-corrected chi connectivity index (χ2v) is 6.93. The quantitative estimate of drug-likeness (QED) is 0.867. The van der Waals surface area contributed by atoms with Crippen LogP contribution in [0.4, 0.5) is 0 Å². The summed E-state index contributed by atoms with van der Waals surface area (Å²) in [5.74, 6) is 1.41. The largest absolute Gasteiger partial charge is 0.472 e. The fourth-order valence-electron chi connectivity index (χ4n) is 2.83. The molecule has 1 saturated heterocycles. The van der Waals surface area contributed by atoms with Crippen molar-refractivity contribution in [2.75, 3.05) is 13.1 Å². The Morgan fingerprint density at radius 3 is 2.83 bits per heavy atom. The van der Waals surface area contributed by atoms with E-state index in [1.54, 1.807) is 0 Å². The molecule has 23 heavy (non-hydrogen) atoms. The number of piperidine rings is 1. The van der Waals surface area contributed by atoms with Crippen LogP contribution >= 0.6 is 11.3 Å². The number of aryl methyl sites for hydroxylation is 3. The SMILES string of the molecule is Cc1csc(C(=O)N2CCCC(Oc3cc(C)nc(C)n3)C2)c1. The molecular formula is C17H21N3O2S. The van der Waals surface area contributed by atoms with Gasteiger partial charge in [0.25, 0.3) is 5.91 Å². The van der Waals surface area contributed by atoms with Crippen molar-refractivity contribution in [3.8, 4) is 5.88 Å². The number of ether oxygens (including phenoxy) is 1.